The van der Waals surface area contributed by atoms with Crippen LogP contribution in [0.3, 0.4) is 0 Å². The fraction of sp³-hybridized carbons (Fsp3) is 0.500. The number of anilines is 1. The predicted octanol–water partition coefficient (Wildman–Crippen LogP) is 0.907. The van der Waals surface area contributed by atoms with Crippen molar-refractivity contribution >= 4 is 11.9 Å². The van der Waals surface area contributed by atoms with E-state index in [1.54, 1.807) is 7.11 Å². The minimum absolute atomic E-state index is 0.0937. The zero-order valence-corrected chi connectivity index (χ0v) is 9.39. The van der Waals surface area contributed by atoms with Crippen molar-refractivity contribution in [2.45, 2.75) is 18.9 Å². The van der Waals surface area contributed by atoms with Crippen LogP contribution in [0.1, 0.15) is 12.8 Å². The molecule has 0 saturated heterocycles. The average molecular weight is 243 g/mol. The van der Waals surface area contributed by atoms with Gasteiger partial charge in [-0.25, -0.2) is 19.2 Å². The van der Waals surface area contributed by atoms with E-state index in [1.807, 2.05) is 0 Å². The Labute approximate surface area is 97.8 Å². The van der Waals surface area contributed by atoms with Crippen LogP contribution in [-0.2, 0) is 9.53 Å². The summed E-state index contributed by atoms with van der Waals surface area (Å²) in [5.41, 5.74) is 0. The molecule has 0 radical (unpaired) electrons. The van der Waals surface area contributed by atoms with Crippen molar-refractivity contribution in [2.75, 3.05) is 19.0 Å². The molecule has 2 N–H and O–H groups in total. The number of aliphatic carboxylic acids is 1. The van der Waals surface area contributed by atoms with Crippen LogP contribution >= 0.6 is 0 Å². The summed E-state index contributed by atoms with van der Waals surface area (Å²) in [5, 5.41) is 11.6. The Kier molecular flexibility index (Phi) is 5.28. The number of carboxylic acids is 1. The first-order valence-corrected chi connectivity index (χ1v) is 5.09. The van der Waals surface area contributed by atoms with E-state index in [9.17, 15) is 9.18 Å². The van der Waals surface area contributed by atoms with Gasteiger partial charge in [0.15, 0.2) is 5.82 Å². The number of aromatic nitrogens is 2. The van der Waals surface area contributed by atoms with Gasteiger partial charge in [0.2, 0.25) is 5.95 Å². The van der Waals surface area contributed by atoms with Gasteiger partial charge in [-0.15, -0.1) is 0 Å². The highest BCUT2D eigenvalue weighted by atomic mass is 19.1. The van der Waals surface area contributed by atoms with Gasteiger partial charge in [-0.2, -0.15) is 0 Å². The lowest BCUT2D eigenvalue weighted by atomic mass is 10.1. The van der Waals surface area contributed by atoms with Crippen LogP contribution in [0.15, 0.2) is 12.4 Å². The second kappa shape index (κ2) is 6.74. The SMILES string of the molecule is COCCCC(Nc1ncc(F)cn1)C(=O)O. The summed E-state index contributed by atoms with van der Waals surface area (Å²) in [5.74, 6) is -1.48. The Morgan fingerprint density at radius 1 is 1.59 bits per heavy atom. The molecule has 1 unspecified atom stereocenters. The lowest BCUT2D eigenvalue weighted by molar-refractivity contribution is -0.138. The zero-order valence-electron chi connectivity index (χ0n) is 9.39. The van der Waals surface area contributed by atoms with Crippen LogP contribution in [0.5, 0.6) is 0 Å². The number of nitrogens with zero attached hydrogens (tertiary/aromatic N) is 2. The van der Waals surface area contributed by atoms with Gasteiger partial charge in [0.1, 0.15) is 6.04 Å². The molecule has 0 bridgehead atoms. The maximum atomic E-state index is 12.5. The molecule has 1 heterocycles. The number of methoxy groups -OCH3 is 1. The first-order valence-electron chi connectivity index (χ1n) is 5.09. The maximum Gasteiger partial charge on any atom is 0.326 e. The molecule has 1 atom stereocenters. The number of hydrogen-bond donors (Lipinski definition) is 2. The molecular weight excluding hydrogens is 229 g/mol. The quantitative estimate of drug-likeness (QED) is 0.692. The highest BCUT2D eigenvalue weighted by molar-refractivity contribution is 5.76. The van der Waals surface area contributed by atoms with E-state index in [0.29, 0.717) is 19.4 Å². The van der Waals surface area contributed by atoms with E-state index in [4.69, 9.17) is 9.84 Å². The number of halogens is 1. The van der Waals surface area contributed by atoms with Gasteiger partial charge in [0.25, 0.3) is 0 Å². The molecule has 0 amide bonds. The number of ether oxygens (including phenoxy) is 1. The largest absolute Gasteiger partial charge is 0.480 e. The third-order valence-electron chi connectivity index (χ3n) is 2.06. The summed E-state index contributed by atoms with van der Waals surface area (Å²) in [7, 11) is 1.55. The molecule has 0 fully saturated rings. The molecule has 0 aliphatic carbocycles. The second-order valence-corrected chi connectivity index (χ2v) is 3.40. The molecular formula is C10H14FN3O3. The van der Waals surface area contributed by atoms with Crippen LogP contribution in [-0.4, -0.2) is 40.8 Å². The zero-order chi connectivity index (χ0) is 12.7. The summed E-state index contributed by atoms with van der Waals surface area (Å²) in [6, 6.07) is -0.810. The predicted molar refractivity (Wildman–Crippen MR) is 58.1 cm³/mol. The van der Waals surface area contributed by atoms with Gasteiger partial charge in [0.05, 0.1) is 12.4 Å². The van der Waals surface area contributed by atoms with Gasteiger partial charge >= 0.3 is 5.97 Å². The monoisotopic (exact) mass is 243 g/mol. The van der Waals surface area contributed by atoms with Crippen molar-refractivity contribution in [3.05, 3.63) is 18.2 Å². The molecule has 94 valence electrons. The van der Waals surface area contributed by atoms with Crippen LogP contribution < -0.4 is 5.32 Å². The highest BCUT2D eigenvalue weighted by Crippen LogP contribution is 2.06. The fourth-order valence-electron chi connectivity index (χ4n) is 1.23. The summed E-state index contributed by atoms with van der Waals surface area (Å²) in [6.45, 7) is 0.482. The van der Waals surface area contributed by atoms with Crippen molar-refractivity contribution in [1.29, 1.82) is 0 Å². The Morgan fingerprint density at radius 3 is 2.76 bits per heavy atom. The third-order valence-corrected chi connectivity index (χ3v) is 2.06. The molecule has 1 rings (SSSR count). The summed E-state index contributed by atoms with van der Waals surface area (Å²) in [4.78, 5) is 18.2. The van der Waals surface area contributed by atoms with Crippen LogP contribution in [0.4, 0.5) is 10.3 Å². The van der Waals surface area contributed by atoms with Gasteiger partial charge < -0.3 is 15.2 Å². The fourth-order valence-corrected chi connectivity index (χ4v) is 1.23. The van der Waals surface area contributed by atoms with Gasteiger partial charge in [-0.1, -0.05) is 0 Å². The minimum atomic E-state index is -1.01. The van der Waals surface area contributed by atoms with Crippen molar-refractivity contribution in [2.24, 2.45) is 0 Å². The number of carboxylic acid groups (broad SMARTS) is 1. The smallest absolute Gasteiger partial charge is 0.326 e. The number of carbonyl (C=O) groups is 1. The molecule has 1 aromatic rings. The first kappa shape index (κ1) is 13.3. The Bertz CT molecular complexity index is 358. The normalized spacial score (nSPS) is 12.1. The van der Waals surface area contributed by atoms with Crippen LogP contribution in [0, 0.1) is 5.82 Å². The van der Waals surface area contributed by atoms with E-state index in [-0.39, 0.29) is 5.95 Å². The lowest BCUT2D eigenvalue weighted by Gasteiger charge is -2.13. The van der Waals surface area contributed by atoms with E-state index in [1.165, 1.54) is 0 Å². The maximum absolute atomic E-state index is 12.5. The van der Waals surface area contributed by atoms with Gasteiger partial charge in [-0.3, -0.25) is 0 Å². The van der Waals surface area contributed by atoms with Crippen molar-refractivity contribution < 1.29 is 19.0 Å². The van der Waals surface area contributed by atoms with E-state index in [2.05, 4.69) is 15.3 Å². The standard InChI is InChI=1S/C10H14FN3O3/c1-17-4-2-3-8(9(15)16)14-10-12-5-7(11)6-13-10/h5-6,8H,2-4H2,1H3,(H,15,16)(H,12,13,14). The van der Waals surface area contributed by atoms with Gasteiger partial charge in [-0.05, 0) is 12.8 Å². The summed E-state index contributed by atoms with van der Waals surface area (Å²) in [6.07, 6.45) is 2.93. The molecule has 0 aliphatic rings. The van der Waals surface area contributed by atoms with E-state index in [0.717, 1.165) is 12.4 Å². The lowest BCUT2D eigenvalue weighted by Crippen LogP contribution is -2.30. The second-order valence-electron chi connectivity index (χ2n) is 3.40. The summed E-state index contributed by atoms with van der Waals surface area (Å²) < 4.78 is 17.4. The molecule has 7 heteroatoms. The van der Waals surface area contributed by atoms with Crippen molar-refractivity contribution in [3.63, 3.8) is 0 Å². The Morgan fingerprint density at radius 2 is 2.24 bits per heavy atom. The van der Waals surface area contributed by atoms with Crippen molar-refractivity contribution in [1.82, 2.24) is 9.97 Å². The van der Waals surface area contributed by atoms with Gasteiger partial charge in [0, 0.05) is 13.7 Å². The van der Waals surface area contributed by atoms with Crippen LogP contribution in [0.2, 0.25) is 0 Å². The Hall–Kier alpha value is -1.76. The van der Waals surface area contributed by atoms with Crippen LogP contribution in [0.25, 0.3) is 0 Å². The third kappa shape index (κ3) is 4.73. The number of hydrogen-bond acceptors (Lipinski definition) is 5. The van der Waals surface area contributed by atoms with E-state index >= 15 is 0 Å². The molecule has 0 spiro atoms. The average Bonchev–Trinajstić information content (AvgIpc) is 2.30. The molecule has 0 saturated carbocycles. The van der Waals surface area contributed by atoms with Crippen molar-refractivity contribution in [3.8, 4) is 0 Å². The highest BCUT2D eigenvalue weighted by Gasteiger charge is 2.17. The molecule has 1 aromatic heterocycles. The number of nitrogens with one attached hydrogen (secondary N) is 1. The Balaban J connectivity index is 2.54. The van der Waals surface area contributed by atoms with E-state index < -0.39 is 17.8 Å². The molecule has 6 nitrogen and oxygen atoms in total. The molecule has 0 aromatic carbocycles. The first-order chi connectivity index (χ1) is 8.13. The summed E-state index contributed by atoms with van der Waals surface area (Å²) >= 11 is 0. The topological polar surface area (TPSA) is 84.3 Å². The number of rotatable bonds is 7. The minimum Gasteiger partial charge on any atom is -0.480 e. The molecule has 17 heavy (non-hydrogen) atoms. The molecule has 0 aliphatic heterocycles.